The maximum absolute atomic E-state index is 13.3. The molecule has 0 aliphatic rings. The van der Waals surface area contributed by atoms with Crippen molar-refractivity contribution in [3.8, 4) is 11.5 Å². The Kier molecular flexibility index (Phi) is 6.93. The van der Waals surface area contributed by atoms with Gasteiger partial charge in [-0.3, -0.25) is 4.31 Å². The lowest BCUT2D eigenvalue weighted by molar-refractivity contribution is 0.0601. The van der Waals surface area contributed by atoms with Crippen LogP contribution in [0.4, 0.5) is 5.69 Å². The Labute approximate surface area is 169 Å². The smallest absolute Gasteiger partial charge is 0.340 e. The van der Waals surface area contributed by atoms with E-state index in [0.29, 0.717) is 5.02 Å². The Morgan fingerprint density at radius 1 is 1.11 bits per heavy atom. The topological polar surface area (TPSA) is 82.1 Å². The van der Waals surface area contributed by atoms with Crippen LogP contribution in [0.25, 0.3) is 0 Å². The number of esters is 1. The second kappa shape index (κ2) is 8.99. The molecule has 0 aliphatic carbocycles. The van der Waals surface area contributed by atoms with E-state index in [1.807, 2.05) is 0 Å². The molecule has 0 unspecified atom stereocenters. The number of carbonyl (C=O) groups excluding carboxylic acids is 1. The number of sulfonamides is 1. The van der Waals surface area contributed by atoms with Crippen LogP contribution in [-0.2, 0) is 14.8 Å². The molecule has 0 amide bonds. The number of methoxy groups -OCH3 is 3. The maximum Gasteiger partial charge on any atom is 0.340 e. The van der Waals surface area contributed by atoms with Crippen molar-refractivity contribution in [2.24, 2.45) is 0 Å². The molecular formula is C19H20ClNO6S. The van der Waals surface area contributed by atoms with E-state index in [9.17, 15) is 13.2 Å². The first kappa shape index (κ1) is 21.6. The molecule has 150 valence electrons. The fourth-order valence-electron chi connectivity index (χ4n) is 2.53. The molecule has 2 rings (SSSR count). The Hall–Kier alpha value is -2.71. The summed E-state index contributed by atoms with van der Waals surface area (Å²) >= 11 is 5.86. The van der Waals surface area contributed by atoms with Gasteiger partial charge in [-0.25, -0.2) is 13.2 Å². The van der Waals surface area contributed by atoms with E-state index in [1.165, 1.54) is 63.8 Å². The average Bonchev–Trinajstić information content (AvgIpc) is 2.70. The molecule has 0 bridgehead atoms. The van der Waals surface area contributed by atoms with E-state index in [0.717, 1.165) is 4.31 Å². The molecule has 7 nitrogen and oxygen atoms in total. The van der Waals surface area contributed by atoms with Crippen LogP contribution in [0.5, 0.6) is 11.5 Å². The van der Waals surface area contributed by atoms with Crippen LogP contribution >= 0.6 is 11.6 Å². The van der Waals surface area contributed by atoms with E-state index in [-0.39, 0.29) is 34.2 Å². The molecule has 0 fully saturated rings. The van der Waals surface area contributed by atoms with E-state index in [4.69, 9.17) is 25.8 Å². The molecule has 28 heavy (non-hydrogen) atoms. The minimum atomic E-state index is -4.04. The largest absolute Gasteiger partial charge is 0.493 e. The molecule has 0 saturated heterocycles. The summed E-state index contributed by atoms with van der Waals surface area (Å²) in [6, 6.07) is 8.47. The number of carbonyl (C=O) groups is 1. The summed E-state index contributed by atoms with van der Waals surface area (Å²) in [5.74, 6) is -0.212. The van der Waals surface area contributed by atoms with Gasteiger partial charge in [-0.15, -0.1) is 6.58 Å². The van der Waals surface area contributed by atoms with Gasteiger partial charge in [0.25, 0.3) is 10.0 Å². The number of benzene rings is 2. The Morgan fingerprint density at radius 3 is 2.18 bits per heavy atom. The quantitative estimate of drug-likeness (QED) is 0.475. The van der Waals surface area contributed by atoms with Gasteiger partial charge in [0.1, 0.15) is 0 Å². The average molecular weight is 426 g/mol. The van der Waals surface area contributed by atoms with Crippen molar-refractivity contribution in [2.75, 3.05) is 32.2 Å². The number of rotatable bonds is 8. The normalized spacial score (nSPS) is 10.9. The molecule has 0 heterocycles. The Morgan fingerprint density at radius 2 is 1.68 bits per heavy atom. The van der Waals surface area contributed by atoms with Crippen molar-refractivity contribution in [1.29, 1.82) is 0 Å². The van der Waals surface area contributed by atoms with Crippen molar-refractivity contribution < 1.29 is 27.4 Å². The van der Waals surface area contributed by atoms with Gasteiger partial charge in [-0.2, -0.15) is 0 Å². The van der Waals surface area contributed by atoms with Crippen LogP contribution in [-0.4, -0.2) is 42.3 Å². The van der Waals surface area contributed by atoms with Gasteiger partial charge in [0, 0.05) is 17.2 Å². The molecule has 0 aromatic heterocycles. The molecule has 0 N–H and O–H groups in total. The monoisotopic (exact) mass is 425 g/mol. The number of anilines is 1. The van der Waals surface area contributed by atoms with Crippen molar-refractivity contribution >= 4 is 33.3 Å². The lowest BCUT2D eigenvalue weighted by atomic mass is 10.1. The third-order valence-corrected chi connectivity index (χ3v) is 5.92. The number of halogens is 1. The SMILES string of the molecule is C=CCN(c1cc(OC)c(OC)cc1C(=O)OC)S(=O)(=O)c1ccc(Cl)cc1. The standard InChI is InChI=1S/C19H20ClNO6S/c1-5-10-21(28(23,24)14-8-6-13(20)7-9-14)16-12-18(26-3)17(25-2)11-15(16)19(22)27-4/h5-9,11-12H,1,10H2,2-4H3. The van der Waals surface area contributed by atoms with Crippen molar-refractivity contribution in [2.45, 2.75) is 4.90 Å². The van der Waals surface area contributed by atoms with Crippen LogP contribution in [0.2, 0.25) is 5.02 Å². The van der Waals surface area contributed by atoms with Gasteiger partial charge >= 0.3 is 5.97 Å². The van der Waals surface area contributed by atoms with E-state index < -0.39 is 16.0 Å². The second-order valence-corrected chi connectivity index (χ2v) is 7.79. The highest BCUT2D eigenvalue weighted by Crippen LogP contribution is 2.37. The molecule has 0 spiro atoms. The third-order valence-electron chi connectivity index (χ3n) is 3.87. The zero-order valence-electron chi connectivity index (χ0n) is 15.6. The van der Waals surface area contributed by atoms with Crippen molar-refractivity contribution in [3.63, 3.8) is 0 Å². The summed E-state index contributed by atoms with van der Waals surface area (Å²) in [6.07, 6.45) is 1.41. The molecule has 0 radical (unpaired) electrons. The summed E-state index contributed by atoms with van der Waals surface area (Å²) < 4.78 is 42.9. The first-order chi connectivity index (χ1) is 13.3. The predicted molar refractivity (Wildman–Crippen MR) is 107 cm³/mol. The van der Waals surface area contributed by atoms with Crippen LogP contribution in [0.1, 0.15) is 10.4 Å². The minimum absolute atomic E-state index is 0.000427. The summed E-state index contributed by atoms with van der Waals surface area (Å²) in [5, 5.41) is 0.399. The summed E-state index contributed by atoms with van der Waals surface area (Å²) in [6.45, 7) is 3.53. The second-order valence-electron chi connectivity index (χ2n) is 5.49. The lowest BCUT2D eigenvalue weighted by Gasteiger charge is -2.26. The highest BCUT2D eigenvalue weighted by Gasteiger charge is 2.30. The molecule has 2 aromatic rings. The fraction of sp³-hybridized carbons (Fsp3) is 0.211. The molecule has 0 atom stereocenters. The zero-order valence-corrected chi connectivity index (χ0v) is 17.2. The summed E-state index contributed by atoms with van der Waals surface area (Å²) in [4.78, 5) is 12.3. The van der Waals surface area contributed by atoms with E-state index >= 15 is 0 Å². The molecular weight excluding hydrogens is 406 g/mol. The minimum Gasteiger partial charge on any atom is -0.493 e. The summed E-state index contributed by atoms with van der Waals surface area (Å²) in [5.41, 5.74) is 0.0684. The van der Waals surface area contributed by atoms with Crippen LogP contribution in [0.15, 0.2) is 53.9 Å². The van der Waals surface area contributed by atoms with Crippen molar-refractivity contribution in [1.82, 2.24) is 0 Å². The highest BCUT2D eigenvalue weighted by atomic mass is 35.5. The van der Waals surface area contributed by atoms with Gasteiger partial charge < -0.3 is 14.2 Å². The first-order valence-electron chi connectivity index (χ1n) is 8.03. The molecule has 2 aromatic carbocycles. The molecule has 0 saturated carbocycles. The number of hydrogen-bond acceptors (Lipinski definition) is 6. The van der Waals surface area contributed by atoms with Gasteiger partial charge in [0.05, 0.1) is 44.0 Å². The number of hydrogen-bond donors (Lipinski definition) is 0. The van der Waals surface area contributed by atoms with Crippen LogP contribution in [0.3, 0.4) is 0 Å². The van der Waals surface area contributed by atoms with Gasteiger partial charge in [-0.05, 0) is 24.3 Å². The zero-order chi connectivity index (χ0) is 20.9. The highest BCUT2D eigenvalue weighted by molar-refractivity contribution is 7.92. The number of nitrogens with zero attached hydrogens (tertiary/aromatic N) is 1. The summed E-state index contributed by atoms with van der Waals surface area (Å²) in [7, 11) is -0.0248. The van der Waals surface area contributed by atoms with E-state index in [2.05, 4.69) is 6.58 Å². The van der Waals surface area contributed by atoms with Crippen molar-refractivity contribution in [3.05, 3.63) is 59.6 Å². The number of ether oxygens (including phenoxy) is 3. The fourth-order valence-corrected chi connectivity index (χ4v) is 4.10. The van der Waals surface area contributed by atoms with Gasteiger partial charge in [0.15, 0.2) is 11.5 Å². The Bertz CT molecular complexity index is 973. The molecule has 9 heteroatoms. The Balaban J connectivity index is 2.75. The van der Waals surface area contributed by atoms with E-state index in [1.54, 1.807) is 0 Å². The molecule has 0 aliphatic heterocycles. The van der Waals surface area contributed by atoms with Gasteiger partial charge in [-0.1, -0.05) is 17.7 Å². The van der Waals surface area contributed by atoms with Crippen LogP contribution < -0.4 is 13.8 Å². The predicted octanol–water partition coefficient (Wildman–Crippen LogP) is 3.53. The maximum atomic E-state index is 13.3. The lowest BCUT2D eigenvalue weighted by Crippen LogP contribution is -2.32. The third kappa shape index (κ3) is 4.23. The first-order valence-corrected chi connectivity index (χ1v) is 9.85. The van der Waals surface area contributed by atoms with Crippen LogP contribution in [0, 0.1) is 0 Å². The van der Waals surface area contributed by atoms with Gasteiger partial charge in [0.2, 0.25) is 0 Å².